The quantitative estimate of drug-likeness (QED) is 0.585. The average molecular weight is 467 g/mol. The first kappa shape index (κ1) is 24.7. The first-order valence-corrected chi connectivity index (χ1v) is 12.1. The Morgan fingerprint density at radius 2 is 1.77 bits per heavy atom. The zero-order valence-corrected chi connectivity index (χ0v) is 19.8. The summed E-state index contributed by atoms with van der Waals surface area (Å²) in [5.74, 6) is -1.05. The predicted octanol–water partition coefficient (Wildman–Crippen LogP) is 4.32. The summed E-state index contributed by atoms with van der Waals surface area (Å²) in [5.41, 5.74) is 2.87. The van der Waals surface area contributed by atoms with E-state index in [1.54, 1.807) is 26.0 Å². The minimum absolute atomic E-state index is 0.144. The van der Waals surface area contributed by atoms with Crippen molar-refractivity contribution in [1.82, 2.24) is 0 Å². The number of aryl methyl sites for hydroxylation is 2. The van der Waals surface area contributed by atoms with Gasteiger partial charge in [-0.05, 0) is 68.7 Å². The number of esters is 1. The molecule has 0 aliphatic heterocycles. The molecule has 1 amide bonds. The largest absolute Gasteiger partial charge is 0.462 e. The average Bonchev–Trinajstić information content (AvgIpc) is 2.69. The number of sulfonamides is 1. The molecular weight excluding hydrogens is 440 g/mol. The second-order valence-corrected chi connectivity index (χ2v) is 9.42. The van der Waals surface area contributed by atoms with Gasteiger partial charge in [0, 0.05) is 0 Å². The van der Waals surface area contributed by atoms with Gasteiger partial charge >= 0.3 is 5.97 Å². The molecule has 0 aliphatic rings. The number of nitrogens with zero attached hydrogens (tertiary/aromatic N) is 1. The molecule has 0 aliphatic carbocycles. The van der Waals surface area contributed by atoms with Crippen LogP contribution in [0.3, 0.4) is 0 Å². The van der Waals surface area contributed by atoms with Crippen LogP contribution in [0.5, 0.6) is 0 Å². The van der Waals surface area contributed by atoms with Gasteiger partial charge in [0.2, 0.25) is 15.9 Å². The molecule has 0 aromatic heterocycles. The Bertz CT molecular complexity index is 1090. The third-order valence-corrected chi connectivity index (χ3v) is 6.31. The van der Waals surface area contributed by atoms with E-state index >= 15 is 0 Å². The number of halogens is 1. The number of anilines is 2. The van der Waals surface area contributed by atoms with E-state index in [2.05, 4.69) is 5.32 Å². The molecule has 168 valence electrons. The standard InChI is InChI=1S/C22H27ClN2O5S/c1-6-20(25(31(5,28)29)17-10-8-14(3)15(4)12-17)21(26)24-19-11-9-16(13-18(19)23)22(27)30-7-2/h8-13,20H,6-7H2,1-5H3,(H,24,26)/t20-/m1/s1. The van der Waals surface area contributed by atoms with Crippen molar-refractivity contribution in [1.29, 1.82) is 0 Å². The van der Waals surface area contributed by atoms with Crippen molar-refractivity contribution in [2.24, 2.45) is 0 Å². The minimum atomic E-state index is -3.75. The molecule has 0 radical (unpaired) electrons. The maximum absolute atomic E-state index is 13.1. The van der Waals surface area contributed by atoms with E-state index in [1.807, 2.05) is 19.9 Å². The molecule has 0 heterocycles. The summed E-state index contributed by atoms with van der Waals surface area (Å²) in [7, 11) is -3.75. The molecule has 9 heteroatoms. The maximum atomic E-state index is 13.1. The van der Waals surface area contributed by atoms with Crippen LogP contribution in [-0.2, 0) is 19.6 Å². The Morgan fingerprint density at radius 3 is 2.29 bits per heavy atom. The van der Waals surface area contributed by atoms with Gasteiger partial charge in [0.15, 0.2) is 0 Å². The maximum Gasteiger partial charge on any atom is 0.338 e. The highest BCUT2D eigenvalue weighted by Crippen LogP contribution is 2.28. The van der Waals surface area contributed by atoms with Gasteiger partial charge in [-0.25, -0.2) is 13.2 Å². The molecule has 0 saturated carbocycles. The van der Waals surface area contributed by atoms with E-state index in [9.17, 15) is 18.0 Å². The third kappa shape index (κ3) is 5.98. The van der Waals surface area contributed by atoms with Crippen LogP contribution in [0.25, 0.3) is 0 Å². The van der Waals surface area contributed by atoms with Gasteiger partial charge in [-0.1, -0.05) is 24.6 Å². The highest BCUT2D eigenvalue weighted by atomic mass is 35.5. The second kappa shape index (κ2) is 10.2. The minimum Gasteiger partial charge on any atom is -0.462 e. The van der Waals surface area contributed by atoms with E-state index in [-0.39, 0.29) is 29.3 Å². The van der Waals surface area contributed by atoms with Gasteiger partial charge < -0.3 is 10.1 Å². The number of carbonyl (C=O) groups excluding carboxylic acids is 2. The summed E-state index contributed by atoms with van der Waals surface area (Å²) in [4.78, 5) is 24.9. The van der Waals surface area contributed by atoms with Crippen LogP contribution >= 0.6 is 11.6 Å². The normalized spacial score (nSPS) is 12.2. The van der Waals surface area contributed by atoms with Gasteiger partial charge in [-0.3, -0.25) is 9.10 Å². The van der Waals surface area contributed by atoms with Crippen molar-refractivity contribution >= 4 is 44.9 Å². The Balaban J connectivity index is 2.36. The molecule has 31 heavy (non-hydrogen) atoms. The molecule has 1 N–H and O–H groups in total. The summed E-state index contributed by atoms with van der Waals surface area (Å²) in [5, 5.41) is 2.82. The first-order chi connectivity index (χ1) is 14.5. The van der Waals surface area contributed by atoms with Crippen molar-refractivity contribution in [3.8, 4) is 0 Å². The molecule has 0 unspecified atom stereocenters. The molecule has 2 aromatic rings. The highest BCUT2D eigenvalue weighted by molar-refractivity contribution is 7.92. The zero-order valence-electron chi connectivity index (χ0n) is 18.2. The molecule has 2 aromatic carbocycles. The Hall–Kier alpha value is -2.58. The molecule has 0 fully saturated rings. The molecule has 0 spiro atoms. The lowest BCUT2D eigenvalue weighted by atomic mass is 10.1. The van der Waals surface area contributed by atoms with Crippen molar-refractivity contribution in [2.75, 3.05) is 22.5 Å². The topological polar surface area (TPSA) is 92.8 Å². The summed E-state index contributed by atoms with van der Waals surface area (Å²) in [6.45, 7) is 7.46. The summed E-state index contributed by atoms with van der Waals surface area (Å²) in [6.07, 6.45) is 1.31. The van der Waals surface area contributed by atoms with Gasteiger partial charge in [0.25, 0.3) is 0 Å². The highest BCUT2D eigenvalue weighted by Gasteiger charge is 2.32. The fourth-order valence-corrected chi connectivity index (χ4v) is 4.53. The molecule has 2 rings (SSSR count). The number of amides is 1. The Labute approximate surface area is 188 Å². The van der Waals surface area contributed by atoms with Crippen LogP contribution in [-0.4, -0.2) is 39.2 Å². The monoisotopic (exact) mass is 466 g/mol. The van der Waals surface area contributed by atoms with E-state index < -0.39 is 27.9 Å². The molecule has 1 atom stereocenters. The number of nitrogens with one attached hydrogen (secondary N) is 1. The predicted molar refractivity (Wildman–Crippen MR) is 123 cm³/mol. The third-order valence-electron chi connectivity index (χ3n) is 4.81. The molecule has 0 saturated heterocycles. The van der Waals surface area contributed by atoms with E-state index in [4.69, 9.17) is 16.3 Å². The van der Waals surface area contributed by atoms with Gasteiger partial charge in [-0.2, -0.15) is 0 Å². The van der Waals surface area contributed by atoms with Crippen molar-refractivity contribution < 1.29 is 22.7 Å². The van der Waals surface area contributed by atoms with E-state index in [1.165, 1.54) is 18.2 Å². The van der Waals surface area contributed by atoms with Crippen LogP contribution in [0.1, 0.15) is 41.8 Å². The summed E-state index contributed by atoms with van der Waals surface area (Å²) < 4.78 is 31.3. The number of rotatable bonds is 8. The lowest BCUT2D eigenvalue weighted by Gasteiger charge is -2.30. The van der Waals surface area contributed by atoms with Crippen molar-refractivity contribution in [2.45, 2.75) is 40.2 Å². The van der Waals surface area contributed by atoms with E-state index in [0.717, 1.165) is 21.7 Å². The fraction of sp³-hybridized carbons (Fsp3) is 0.364. The summed E-state index contributed by atoms with van der Waals surface area (Å²) in [6, 6.07) is 8.62. The molecule has 0 bridgehead atoms. The Kier molecular flexibility index (Phi) is 8.08. The number of benzene rings is 2. The first-order valence-electron chi connectivity index (χ1n) is 9.83. The Morgan fingerprint density at radius 1 is 1.10 bits per heavy atom. The van der Waals surface area contributed by atoms with Crippen LogP contribution in [0.2, 0.25) is 5.02 Å². The lowest BCUT2D eigenvalue weighted by molar-refractivity contribution is -0.117. The second-order valence-electron chi connectivity index (χ2n) is 7.16. The van der Waals surface area contributed by atoms with Crippen LogP contribution in [0.15, 0.2) is 36.4 Å². The number of carbonyl (C=O) groups is 2. The van der Waals surface area contributed by atoms with Gasteiger partial charge in [-0.15, -0.1) is 0 Å². The van der Waals surface area contributed by atoms with Gasteiger partial charge in [0.05, 0.1) is 34.8 Å². The number of hydrogen-bond donors (Lipinski definition) is 1. The smallest absolute Gasteiger partial charge is 0.338 e. The van der Waals surface area contributed by atoms with Crippen LogP contribution in [0.4, 0.5) is 11.4 Å². The van der Waals surface area contributed by atoms with Crippen molar-refractivity contribution in [3.63, 3.8) is 0 Å². The summed E-state index contributed by atoms with van der Waals surface area (Å²) >= 11 is 6.24. The lowest BCUT2D eigenvalue weighted by Crippen LogP contribution is -2.47. The van der Waals surface area contributed by atoms with Crippen LogP contribution < -0.4 is 9.62 Å². The van der Waals surface area contributed by atoms with E-state index in [0.29, 0.717) is 5.69 Å². The molecular formula is C22H27ClN2O5S. The number of hydrogen-bond acceptors (Lipinski definition) is 5. The molecule has 7 nitrogen and oxygen atoms in total. The van der Waals surface area contributed by atoms with Gasteiger partial charge in [0.1, 0.15) is 6.04 Å². The van der Waals surface area contributed by atoms with Crippen molar-refractivity contribution in [3.05, 3.63) is 58.1 Å². The van der Waals surface area contributed by atoms with Crippen LogP contribution in [0, 0.1) is 13.8 Å². The SMILES string of the molecule is CCOC(=O)c1ccc(NC(=O)[C@@H](CC)N(c2ccc(C)c(C)c2)S(C)(=O)=O)c(Cl)c1. The fourth-order valence-electron chi connectivity index (χ4n) is 3.10. The zero-order chi connectivity index (χ0) is 23.3. The number of ether oxygens (including phenoxy) is 1.